The Balaban J connectivity index is 1.61. The van der Waals surface area contributed by atoms with E-state index in [1.54, 1.807) is 12.5 Å². The molecule has 0 spiro atoms. The van der Waals surface area contributed by atoms with Gasteiger partial charge in [-0.25, -0.2) is 0 Å². The molecule has 1 aromatic carbocycles. The van der Waals surface area contributed by atoms with Gasteiger partial charge in [0, 0.05) is 18.7 Å². The fourth-order valence-electron chi connectivity index (χ4n) is 1.50. The molecule has 1 heterocycles. The Kier molecular flexibility index (Phi) is 4.22. The molecule has 2 aromatic rings. The van der Waals surface area contributed by atoms with Crippen LogP contribution in [0.1, 0.15) is 11.1 Å². The molecular weight excluding hydrogens is 214 g/mol. The molecule has 0 saturated heterocycles. The molecular formula is C14H17NO2. The average Bonchev–Trinajstić information content (AvgIpc) is 2.84. The van der Waals surface area contributed by atoms with Gasteiger partial charge in [0.1, 0.15) is 12.4 Å². The highest BCUT2D eigenvalue weighted by molar-refractivity contribution is 5.26. The SMILES string of the molecule is Cc1ccc(OCCNCc2ccoc2)cc1. The number of aryl methyl sites for hydroxylation is 1. The van der Waals surface area contributed by atoms with Gasteiger partial charge < -0.3 is 14.5 Å². The molecule has 0 unspecified atom stereocenters. The molecule has 3 nitrogen and oxygen atoms in total. The zero-order valence-corrected chi connectivity index (χ0v) is 9.98. The van der Waals surface area contributed by atoms with Crippen molar-refractivity contribution in [3.8, 4) is 5.75 Å². The quantitative estimate of drug-likeness (QED) is 0.776. The maximum Gasteiger partial charge on any atom is 0.119 e. The van der Waals surface area contributed by atoms with Gasteiger partial charge in [0.15, 0.2) is 0 Å². The molecule has 0 atom stereocenters. The summed E-state index contributed by atoms with van der Waals surface area (Å²) in [6.45, 7) is 4.37. The lowest BCUT2D eigenvalue weighted by Gasteiger charge is -2.07. The number of rotatable bonds is 6. The molecule has 0 amide bonds. The summed E-state index contributed by atoms with van der Waals surface area (Å²) >= 11 is 0. The van der Waals surface area contributed by atoms with E-state index in [2.05, 4.69) is 12.2 Å². The third kappa shape index (κ3) is 3.96. The Hall–Kier alpha value is -1.74. The number of hydrogen-bond donors (Lipinski definition) is 1. The van der Waals surface area contributed by atoms with Gasteiger partial charge in [-0.15, -0.1) is 0 Å². The first kappa shape index (κ1) is 11.7. The zero-order valence-electron chi connectivity index (χ0n) is 9.98. The maximum absolute atomic E-state index is 5.59. The molecule has 3 heteroatoms. The maximum atomic E-state index is 5.59. The second-order valence-electron chi connectivity index (χ2n) is 3.97. The third-order valence-corrected chi connectivity index (χ3v) is 2.48. The van der Waals surface area contributed by atoms with Gasteiger partial charge in [-0.2, -0.15) is 0 Å². The summed E-state index contributed by atoms with van der Waals surface area (Å²) in [6.07, 6.45) is 3.42. The van der Waals surface area contributed by atoms with Crippen molar-refractivity contribution >= 4 is 0 Å². The van der Waals surface area contributed by atoms with Crippen LogP contribution in [0.25, 0.3) is 0 Å². The van der Waals surface area contributed by atoms with Crippen LogP contribution in [-0.4, -0.2) is 13.2 Å². The van der Waals surface area contributed by atoms with Crippen LogP contribution in [0, 0.1) is 6.92 Å². The van der Waals surface area contributed by atoms with E-state index in [9.17, 15) is 0 Å². The van der Waals surface area contributed by atoms with E-state index in [1.807, 2.05) is 30.3 Å². The Morgan fingerprint density at radius 1 is 1.18 bits per heavy atom. The molecule has 0 aliphatic rings. The van der Waals surface area contributed by atoms with Gasteiger partial charge in [-0.05, 0) is 25.1 Å². The van der Waals surface area contributed by atoms with Crippen molar-refractivity contribution in [3.63, 3.8) is 0 Å². The van der Waals surface area contributed by atoms with Crippen LogP contribution in [0.2, 0.25) is 0 Å². The molecule has 0 aliphatic heterocycles. The first-order chi connectivity index (χ1) is 8.34. The lowest BCUT2D eigenvalue weighted by Crippen LogP contribution is -2.20. The fourth-order valence-corrected chi connectivity index (χ4v) is 1.50. The highest BCUT2D eigenvalue weighted by Crippen LogP contribution is 2.10. The van der Waals surface area contributed by atoms with E-state index in [4.69, 9.17) is 9.15 Å². The van der Waals surface area contributed by atoms with Crippen LogP contribution in [0.3, 0.4) is 0 Å². The van der Waals surface area contributed by atoms with Gasteiger partial charge in [0.2, 0.25) is 0 Å². The number of benzene rings is 1. The lowest BCUT2D eigenvalue weighted by atomic mass is 10.2. The highest BCUT2D eigenvalue weighted by Gasteiger charge is 1.95. The van der Waals surface area contributed by atoms with Gasteiger partial charge in [-0.3, -0.25) is 0 Å². The highest BCUT2D eigenvalue weighted by atomic mass is 16.5. The molecule has 1 aromatic heterocycles. The van der Waals surface area contributed by atoms with Crippen LogP contribution < -0.4 is 10.1 Å². The van der Waals surface area contributed by atoms with Crippen LogP contribution in [-0.2, 0) is 6.54 Å². The summed E-state index contributed by atoms with van der Waals surface area (Å²) < 4.78 is 10.6. The summed E-state index contributed by atoms with van der Waals surface area (Å²) in [4.78, 5) is 0. The van der Waals surface area contributed by atoms with Crippen molar-refractivity contribution in [1.29, 1.82) is 0 Å². The van der Waals surface area contributed by atoms with Crippen LogP contribution in [0.5, 0.6) is 5.75 Å². The van der Waals surface area contributed by atoms with E-state index in [0.29, 0.717) is 6.61 Å². The van der Waals surface area contributed by atoms with Crippen molar-refractivity contribution in [2.75, 3.05) is 13.2 Å². The minimum atomic E-state index is 0.668. The fraction of sp³-hybridized carbons (Fsp3) is 0.286. The van der Waals surface area contributed by atoms with E-state index in [-0.39, 0.29) is 0 Å². The normalized spacial score (nSPS) is 10.4. The first-order valence-electron chi connectivity index (χ1n) is 5.76. The monoisotopic (exact) mass is 231 g/mol. The van der Waals surface area contributed by atoms with Gasteiger partial charge in [0.25, 0.3) is 0 Å². The standard InChI is InChI=1S/C14H17NO2/c1-12-2-4-14(5-3-12)17-9-7-15-10-13-6-8-16-11-13/h2-6,8,11,15H,7,9-10H2,1H3. The van der Waals surface area contributed by atoms with Gasteiger partial charge in [0.05, 0.1) is 12.5 Å². The average molecular weight is 231 g/mol. The summed E-state index contributed by atoms with van der Waals surface area (Å²) in [5.74, 6) is 0.917. The molecule has 1 N–H and O–H groups in total. The number of nitrogens with one attached hydrogen (secondary N) is 1. The van der Waals surface area contributed by atoms with Crippen LogP contribution >= 0.6 is 0 Å². The van der Waals surface area contributed by atoms with E-state index in [1.165, 1.54) is 5.56 Å². The predicted molar refractivity (Wildman–Crippen MR) is 67.1 cm³/mol. The number of furan rings is 1. The Bertz CT molecular complexity index is 420. The van der Waals surface area contributed by atoms with Crippen molar-refractivity contribution < 1.29 is 9.15 Å². The minimum absolute atomic E-state index is 0.668. The van der Waals surface area contributed by atoms with E-state index >= 15 is 0 Å². The van der Waals surface area contributed by atoms with Gasteiger partial charge in [-0.1, -0.05) is 17.7 Å². The molecule has 0 aliphatic carbocycles. The number of hydrogen-bond acceptors (Lipinski definition) is 3. The molecule has 17 heavy (non-hydrogen) atoms. The minimum Gasteiger partial charge on any atom is -0.492 e. The third-order valence-electron chi connectivity index (χ3n) is 2.48. The topological polar surface area (TPSA) is 34.4 Å². The first-order valence-corrected chi connectivity index (χ1v) is 5.76. The van der Waals surface area contributed by atoms with E-state index in [0.717, 1.165) is 24.4 Å². The molecule has 0 fully saturated rings. The summed E-state index contributed by atoms with van der Waals surface area (Å²) in [7, 11) is 0. The summed E-state index contributed by atoms with van der Waals surface area (Å²) in [6, 6.07) is 10.0. The Labute approximate surface area is 101 Å². The molecule has 2 rings (SSSR count). The Morgan fingerprint density at radius 3 is 2.71 bits per heavy atom. The second kappa shape index (κ2) is 6.11. The van der Waals surface area contributed by atoms with Crippen molar-refractivity contribution in [1.82, 2.24) is 5.32 Å². The van der Waals surface area contributed by atoms with Crippen molar-refractivity contribution in [2.45, 2.75) is 13.5 Å². The molecule has 0 bridgehead atoms. The van der Waals surface area contributed by atoms with E-state index < -0.39 is 0 Å². The molecule has 0 radical (unpaired) electrons. The van der Waals surface area contributed by atoms with Crippen molar-refractivity contribution in [3.05, 3.63) is 54.0 Å². The zero-order chi connectivity index (χ0) is 11.9. The van der Waals surface area contributed by atoms with Crippen LogP contribution in [0.15, 0.2) is 47.3 Å². The number of ether oxygens (including phenoxy) is 1. The molecule has 90 valence electrons. The Morgan fingerprint density at radius 2 is 2.00 bits per heavy atom. The summed E-state index contributed by atoms with van der Waals surface area (Å²) in [5.41, 5.74) is 2.40. The van der Waals surface area contributed by atoms with Gasteiger partial charge >= 0.3 is 0 Å². The lowest BCUT2D eigenvalue weighted by molar-refractivity contribution is 0.313. The van der Waals surface area contributed by atoms with Crippen LogP contribution in [0.4, 0.5) is 0 Å². The summed E-state index contributed by atoms with van der Waals surface area (Å²) in [5, 5.41) is 3.28. The van der Waals surface area contributed by atoms with Crippen molar-refractivity contribution in [2.24, 2.45) is 0 Å². The smallest absolute Gasteiger partial charge is 0.119 e. The largest absolute Gasteiger partial charge is 0.492 e. The second-order valence-corrected chi connectivity index (χ2v) is 3.97. The molecule has 0 saturated carbocycles. The predicted octanol–water partition coefficient (Wildman–Crippen LogP) is 2.76.